The number of hydrogen-bond donors (Lipinski definition) is 2. The molecule has 0 fully saturated rings. The SMILES string of the molecule is C.C.C.O=S(=O)([O-])c1cc(S(=O)(=O)c2c[c-]c(F)cc2)ccc1F.O=S(=O)(c1ccc(F)cc1)c1ccc(-c2cc(-c3ccc(S(=O)(=O)c4ccc(F)cc4)cc3)cc(-c3ccc(S(=O)(=O)c4ccc(F)cc4)cc3)c2)cc1.O=S(=O)(c1ccc(F)cc1)c1ccc(F)cc1.O=S(=O)=O.Sc1ccc(Sc2ccc(S)cc2)cc1.[Na+].[Na+]. The van der Waals surface area contributed by atoms with E-state index in [0.29, 0.717) is 45.5 Å². The average molecular weight is 1790 g/mol. The van der Waals surface area contributed by atoms with E-state index in [2.05, 4.69) is 49.5 Å². The molecular weight excluding hydrogens is 1730 g/mol. The molecule has 0 bridgehead atoms. The summed E-state index contributed by atoms with van der Waals surface area (Å²) in [7, 11) is -28.0. The molecule has 0 aliphatic heterocycles. The van der Waals surface area contributed by atoms with Gasteiger partial charge in [-0.05, 0) is 281 Å². The minimum atomic E-state index is -5.16. The Hall–Kier alpha value is -8.30. The molecule has 0 saturated carbocycles. The third-order valence-corrected chi connectivity index (χ3v) is 26.8. The second-order valence-corrected chi connectivity index (χ2v) is 36.6. The standard InChI is InChI=1S/C42H27F3O6S3.C12H7F2O5S2.C12H8F2O2S.C12H10S3.3CH4.2Na.O3S/c43-34-7-19-40(20-8-34)52(46,47)37-13-1-28(2-14-37)31-25-32(29-3-15-38(16-4-29)53(48,49)41-21-9-35(44)10-22-41)27-33(26-31)30-5-17-39(18-6-30)54(50,51)42-23-11-36(45)12-24-42;13-8-1-3-9(4-2-8)20(15,16)10-5-6-11(14)12(7-10)21(17,18)19;13-9-1-5-11(6-2-9)17(15,16)12-7-3-10(14)4-8-12;13-9-1-5-11(6-2-9)15-12-7-3-10(14)4-8-12;;;;;;1-4(2)3/h1-27H;1,3-7H,(H,17,18,19);1-8H;1-8,13-14H;3*1H4;;;/q;-1;;;;;;2*+1;/p-1. The Kier molecular flexibility index (Phi) is 37.5. The smallest absolute Gasteiger partial charge is 0.744 e. The molecule has 0 N–H and O–H groups in total. The van der Waals surface area contributed by atoms with E-state index in [1.54, 1.807) is 48.2 Å². The van der Waals surface area contributed by atoms with Gasteiger partial charge < -0.3 is 4.55 Å². The maximum absolute atomic E-state index is 13.5. The second kappa shape index (κ2) is 43.4. The van der Waals surface area contributed by atoms with Crippen LogP contribution >= 0.6 is 37.0 Å². The van der Waals surface area contributed by atoms with Gasteiger partial charge >= 0.3 is 69.7 Å². The maximum atomic E-state index is 13.5. The average Bonchev–Trinajstić information content (AvgIpc) is 0.794. The van der Waals surface area contributed by atoms with E-state index in [0.717, 1.165) is 94.7 Å². The van der Waals surface area contributed by atoms with Gasteiger partial charge in [-0.3, -0.25) is 0 Å². The van der Waals surface area contributed by atoms with Crippen LogP contribution in [0.4, 0.5) is 30.7 Å². The molecule has 13 rings (SSSR count). The van der Waals surface area contributed by atoms with Crippen molar-refractivity contribution in [1.29, 1.82) is 0 Å². The number of hydrogen-bond acceptors (Lipinski definition) is 19. The topological polar surface area (TPSA) is 279 Å². The molecule has 0 aliphatic carbocycles. The van der Waals surface area contributed by atoms with Crippen LogP contribution in [0.2, 0.25) is 0 Å². The van der Waals surface area contributed by atoms with Crippen LogP contribution in [0.25, 0.3) is 33.4 Å². The molecule has 0 radical (unpaired) electrons. The maximum Gasteiger partial charge on any atom is 1.00 e. The van der Waals surface area contributed by atoms with E-state index in [-0.39, 0.29) is 125 Å². The predicted octanol–water partition coefficient (Wildman–Crippen LogP) is 13.2. The molecule has 0 amide bonds. The molecule has 0 spiro atoms. The monoisotopic (exact) mass is 1790 g/mol. The van der Waals surface area contributed by atoms with Crippen LogP contribution in [-0.2, 0) is 69.9 Å². The Morgan fingerprint density at radius 2 is 0.500 bits per heavy atom. The van der Waals surface area contributed by atoms with Crippen LogP contribution in [-0.4, -0.2) is 67.7 Å². The van der Waals surface area contributed by atoms with Crippen LogP contribution in [0, 0.1) is 46.8 Å². The van der Waals surface area contributed by atoms with Gasteiger partial charge in [-0.1, -0.05) is 70.4 Å². The predicted molar refractivity (Wildman–Crippen MR) is 423 cm³/mol. The van der Waals surface area contributed by atoms with Gasteiger partial charge in [-0.15, -0.1) is 50.0 Å². The van der Waals surface area contributed by atoms with E-state index in [4.69, 9.17) is 12.6 Å². The number of halogens is 7. The van der Waals surface area contributed by atoms with Gasteiger partial charge in [0.05, 0.1) is 49.0 Å². The molecule has 0 unspecified atom stereocenters. The van der Waals surface area contributed by atoms with Crippen molar-refractivity contribution < 1.29 is 158 Å². The molecule has 13 aromatic rings. The fourth-order valence-electron chi connectivity index (χ4n) is 9.92. The second-order valence-electron chi connectivity index (χ2n) is 22.9. The molecule has 16 nitrogen and oxygen atoms in total. The fraction of sp³-hybridized carbons (Fsp3) is 0.0370. The van der Waals surface area contributed by atoms with Gasteiger partial charge in [0, 0.05) is 25.4 Å². The summed E-state index contributed by atoms with van der Waals surface area (Å²) >= 11 is 10.2. The van der Waals surface area contributed by atoms with Gasteiger partial charge in [0.25, 0.3) is 0 Å². The van der Waals surface area contributed by atoms with Crippen LogP contribution in [0.1, 0.15) is 22.3 Å². The summed E-state index contributed by atoms with van der Waals surface area (Å²) in [5.74, 6) is -4.84. The number of rotatable bonds is 16. The Labute approximate surface area is 729 Å². The summed E-state index contributed by atoms with van der Waals surface area (Å²) in [4.78, 5) is 1.98. The van der Waals surface area contributed by atoms with Crippen LogP contribution in [0.3, 0.4) is 0 Å². The first-order valence-corrected chi connectivity index (χ1v) is 42.8. The molecule has 13 aromatic carbocycles. The minimum Gasteiger partial charge on any atom is -0.744 e. The Bertz CT molecular complexity index is 5940. The van der Waals surface area contributed by atoms with E-state index < -0.39 is 120 Å². The van der Waals surface area contributed by atoms with Crippen molar-refractivity contribution in [2.45, 2.75) is 95.7 Å². The van der Waals surface area contributed by atoms with Crippen molar-refractivity contribution in [2.75, 3.05) is 0 Å². The largest absolute Gasteiger partial charge is 1.00 e. The first kappa shape index (κ1) is 100. The third-order valence-electron chi connectivity index (χ3n) is 15.5. The van der Waals surface area contributed by atoms with Crippen molar-refractivity contribution in [3.05, 3.63) is 344 Å². The zero-order chi connectivity index (χ0) is 80.8. The van der Waals surface area contributed by atoms with Crippen molar-refractivity contribution >= 4 is 107 Å². The quantitative estimate of drug-likeness (QED) is 0.0227. The zero-order valence-corrected chi connectivity index (χ0v) is 70.4. The van der Waals surface area contributed by atoms with Crippen molar-refractivity contribution in [3.63, 3.8) is 0 Å². The van der Waals surface area contributed by atoms with E-state index in [9.17, 15) is 85.8 Å². The first-order valence-electron chi connectivity index (χ1n) is 31.3. The van der Waals surface area contributed by atoms with Gasteiger partial charge in [0.1, 0.15) is 45.0 Å². The number of sulfone groups is 5. The Balaban J connectivity index is 0.000000373. The van der Waals surface area contributed by atoms with Crippen LogP contribution < -0.4 is 59.1 Å². The normalized spacial score (nSPS) is 11.1. The third kappa shape index (κ3) is 26.6. The summed E-state index contributed by atoms with van der Waals surface area (Å²) in [5, 5.41) is 0. The summed E-state index contributed by atoms with van der Waals surface area (Å²) in [6.07, 6.45) is 0. The summed E-state index contributed by atoms with van der Waals surface area (Å²) in [5.41, 5.74) is 3.92. The molecule has 116 heavy (non-hydrogen) atoms. The van der Waals surface area contributed by atoms with Crippen molar-refractivity contribution in [2.24, 2.45) is 0 Å². The molecule has 0 aliphatic rings. The summed E-state index contributed by atoms with van der Waals surface area (Å²) in [6.45, 7) is 0. The summed E-state index contributed by atoms with van der Waals surface area (Å²) in [6, 6.07) is 69.4. The zero-order valence-electron chi connectivity index (χ0n) is 58.1. The van der Waals surface area contributed by atoms with Gasteiger partial charge in [0.15, 0.2) is 9.84 Å². The van der Waals surface area contributed by atoms with Crippen LogP contribution in [0.5, 0.6) is 0 Å². The van der Waals surface area contributed by atoms with Crippen molar-refractivity contribution in [3.8, 4) is 33.4 Å². The van der Waals surface area contributed by atoms with Gasteiger partial charge in [0.2, 0.25) is 39.3 Å². The van der Waals surface area contributed by atoms with E-state index in [1.165, 1.54) is 107 Å². The molecule has 0 heterocycles. The van der Waals surface area contributed by atoms with Crippen LogP contribution in [0.15, 0.2) is 371 Å². The summed E-state index contributed by atoms with van der Waals surface area (Å²) < 4.78 is 278. The molecule has 0 saturated heterocycles. The molecule has 0 aromatic heterocycles. The molecular formula is C81H63F7Na2O16S10. The van der Waals surface area contributed by atoms with Crippen molar-refractivity contribution in [1.82, 2.24) is 0 Å². The van der Waals surface area contributed by atoms with Gasteiger partial charge in [-0.2, -0.15) is 12.1 Å². The van der Waals surface area contributed by atoms with E-state index >= 15 is 0 Å². The van der Waals surface area contributed by atoms with E-state index in [1.807, 2.05) is 48.5 Å². The molecule has 0 atom stereocenters. The Morgan fingerprint density at radius 3 is 0.724 bits per heavy atom. The number of thiol groups is 2. The fourth-order valence-corrected chi connectivity index (χ4v) is 18.0. The first-order chi connectivity index (χ1) is 52.3. The van der Waals surface area contributed by atoms with Gasteiger partial charge in [-0.25, -0.2) is 81.2 Å². The molecule has 594 valence electrons. The number of benzene rings is 13. The molecule has 35 heteroatoms. The Morgan fingerprint density at radius 1 is 0.284 bits per heavy atom. The minimum absolute atomic E-state index is 0.